The molecule has 1 aliphatic rings. The number of thioether (sulfide) groups is 1. The van der Waals surface area contributed by atoms with Crippen LogP contribution in [0.3, 0.4) is 0 Å². The lowest BCUT2D eigenvalue weighted by atomic mass is 9.88. The number of aromatic nitrogens is 2. The third-order valence-electron chi connectivity index (χ3n) is 5.69. The SMILES string of the molecule is COc1cccc(CC2=C(c3ccc4nsnc4c3)C(=O)OC2(O)c2ccc(SC)cc2)c1. The van der Waals surface area contributed by atoms with Crippen LogP contribution in [-0.4, -0.2) is 33.2 Å². The molecule has 33 heavy (non-hydrogen) atoms. The largest absolute Gasteiger partial charge is 0.497 e. The van der Waals surface area contributed by atoms with Crippen molar-refractivity contribution in [1.29, 1.82) is 0 Å². The number of nitrogens with zero attached hydrogens (tertiary/aromatic N) is 2. The maximum Gasteiger partial charge on any atom is 0.342 e. The van der Waals surface area contributed by atoms with Crippen LogP contribution in [-0.2, 0) is 21.7 Å². The van der Waals surface area contributed by atoms with Gasteiger partial charge in [0, 0.05) is 22.5 Å². The number of hydrogen-bond donors (Lipinski definition) is 1. The fourth-order valence-electron chi connectivity index (χ4n) is 4.01. The molecule has 0 saturated heterocycles. The van der Waals surface area contributed by atoms with Crippen LogP contribution >= 0.6 is 23.5 Å². The molecule has 1 N–H and O–H groups in total. The first kappa shape index (κ1) is 21.6. The van der Waals surface area contributed by atoms with E-state index in [-0.39, 0.29) is 0 Å². The molecule has 0 bridgehead atoms. The van der Waals surface area contributed by atoms with Crippen LogP contribution in [0.25, 0.3) is 16.6 Å². The Labute approximate surface area is 199 Å². The molecule has 166 valence electrons. The van der Waals surface area contributed by atoms with Gasteiger partial charge < -0.3 is 14.6 Å². The van der Waals surface area contributed by atoms with Crippen molar-refractivity contribution in [1.82, 2.24) is 8.75 Å². The molecule has 1 aromatic heterocycles. The quantitative estimate of drug-likeness (QED) is 0.316. The molecule has 6 nitrogen and oxygen atoms in total. The lowest BCUT2D eigenvalue weighted by Gasteiger charge is -2.26. The first-order valence-corrected chi connectivity index (χ1v) is 12.2. The number of rotatable bonds is 6. The number of fused-ring (bicyclic) bond motifs is 1. The van der Waals surface area contributed by atoms with Crippen molar-refractivity contribution >= 4 is 46.1 Å². The van der Waals surface area contributed by atoms with E-state index >= 15 is 0 Å². The minimum absolute atomic E-state index is 0.298. The van der Waals surface area contributed by atoms with E-state index in [4.69, 9.17) is 9.47 Å². The predicted octanol–water partition coefficient (Wildman–Crippen LogP) is 4.82. The minimum Gasteiger partial charge on any atom is -0.497 e. The number of methoxy groups -OCH3 is 1. The van der Waals surface area contributed by atoms with Crippen LogP contribution in [0.5, 0.6) is 5.75 Å². The van der Waals surface area contributed by atoms with Gasteiger partial charge in [0.1, 0.15) is 16.8 Å². The van der Waals surface area contributed by atoms with Crippen molar-refractivity contribution < 1.29 is 19.4 Å². The Hall–Kier alpha value is -3.20. The van der Waals surface area contributed by atoms with Gasteiger partial charge in [0.05, 0.1) is 24.4 Å². The number of ether oxygens (including phenoxy) is 2. The van der Waals surface area contributed by atoms with Crippen LogP contribution < -0.4 is 4.74 Å². The van der Waals surface area contributed by atoms with E-state index in [1.165, 1.54) is 0 Å². The average Bonchev–Trinajstić information content (AvgIpc) is 3.41. The van der Waals surface area contributed by atoms with E-state index in [0.717, 1.165) is 27.7 Å². The normalized spacial score (nSPS) is 18.1. The summed E-state index contributed by atoms with van der Waals surface area (Å²) in [5, 5.41) is 11.8. The molecule has 0 amide bonds. The first-order valence-electron chi connectivity index (χ1n) is 10.2. The number of carbonyl (C=O) groups is 1. The number of esters is 1. The molecule has 0 saturated carbocycles. The number of benzene rings is 3. The molecule has 1 unspecified atom stereocenters. The van der Waals surface area contributed by atoms with Crippen LogP contribution in [0.4, 0.5) is 0 Å². The Kier molecular flexibility index (Phi) is 5.65. The minimum atomic E-state index is -1.89. The molecular formula is C25H20N2O4S2. The Balaban J connectivity index is 1.69. The van der Waals surface area contributed by atoms with E-state index in [0.29, 0.717) is 40.0 Å². The molecule has 8 heteroatoms. The summed E-state index contributed by atoms with van der Waals surface area (Å²) in [6.07, 6.45) is 2.28. The molecule has 1 aliphatic heterocycles. The van der Waals surface area contributed by atoms with Gasteiger partial charge in [-0.2, -0.15) is 8.75 Å². The summed E-state index contributed by atoms with van der Waals surface area (Å²) in [5.41, 5.74) is 4.28. The lowest BCUT2D eigenvalue weighted by molar-refractivity contribution is -0.185. The summed E-state index contributed by atoms with van der Waals surface area (Å²) < 4.78 is 19.6. The first-order chi connectivity index (χ1) is 16.0. The van der Waals surface area contributed by atoms with Gasteiger partial charge in [0.2, 0.25) is 0 Å². The van der Waals surface area contributed by atoms with Gasteiger partial charge in [-0.3, -0.25) is 0 Å². The zero-order valence-electron chi connectivity index (χ0n) is 17.9. The standard InChI is InChI=1S/C25H20N2O4S2/c1-30-18-5-3-4-15(12-18)13-20-23(16-6-11-21-22(14-16)27-33-26-21)24(28)31-25(20,29)17-7-9-19(32-2)10-8-17/h3-12,14,29H,13H2,1-2H3. The van der Waals surface area contributed by atoms with Crippen molar-refractivity contribution in [3.05, 3.63) is 89.0 Å². The second kappa shape index (κ2) is 8.62. The summed E-state index contributed by atoms with van der Waals surface area (Å²) in [5.74, 6) is -1.77. The second-order valence-corrected chi connectivity index (χ2v) is 9.02. The summed E-state index contributed by atoms with van der Waals surface area (Å²) in [7, 11) is 1.60. The number of carbonyl (C=O) groups excluding carboxylic acids is 1. The van der Waals surface area contributed by atoms with E-state index in [9.17, 15) is 9.90 Å². The molecular weight excluding hydrogens is 456 g/mol. The highest BCUT2D eigenvalue weighted by Gasteiger charge is 2.48. The highest BCUT2D eigenvalue weighted by atomic mass is 32.2. The molecule has 0 radical (unpaired) electrons. The summed E-state index contributed by atoms with van der Waals surface area (Å²) >= 11 is 2.71. The van der Waals surface area contributed by atoms with Gasteiger partial charge in [-0.25, -0.2) is 4.79 Å². The van der Waals surface area contributed by atoms with Gasteiger partial charge in [0.15, 0.2) is 0 Å². The Morgan fingerprint density at radius 2 is 1.85 bits per heavy atom. The Morgan fingerprint density at radius 3 is 2.61 bits per heavy atom. The zero-order valence-corrected chi connectivity index (χ0v) is 19.6. The molecule has 0 aliphatic carbocycles. The number of cyclic esters (lactones) is 1. The zero-order chi connectivity index (χ0) is 23.0. The molecule has 1 atom stereocenters. The highest BCUT2D eigenvalue weighted by molar-refractivity contribution is 7.98. The number of aliphatic hydroxyl groups is 1. The van der Waals surface area contributed by atoms with Crippen molar-refractivity contribution in [3.63, 3.8) is 0 Å². The predicted molar refractivity (Wildman–Crippen MR) is 129 cm³/mol. The summed E-state index contributed by atoms with van der Waals surface area (Å²) in [4.78, 5) is 14.2. The Morgan fingerprint density at radius 1 is 1.06 bits per heavy atom. The summed E-state index contributed by atoms with van der Waals surface area (Å²) in [6, 6.07) is 20.4. The van der Waals surface area contributed by atoms with Crippen LogP contribution in [0.2, 0.25) is 0 Å². The fraction of sp³-hybridized carbons (Fsp3) is 0.160. The van der Waals surface area contributed by atoms with Crippen molar-refractivity contribution in [2.24, 2.45) is 0 Å². The van der Waals surface area contributed by atoms with E-state index < -0.39 is 11.8 Å². The fourth-order valence-corrected chi connectivity index (χ4v) is 4.94. The van der Waals surface area contributed by atoms with Gasteiger partial charge >= 0.3 is 5.97 Å². The maximum atomic E-state index is 13.2. The summed E-state index contributed by atoms with van der Waals surface area (Å²) in [6.45, 7) is 0. The van der Waals surface area contributed by atoms with Gasteiger partial charge in [0.25, 0.3) is 5.79 Å². The van der Waals surface area contributed by atoms with Crippen LogP contribution in [0.1, 0.15) is 16.7 Å². The van der Waals surface area contributed by atoms with Crippen molar-refractivity contribution in [3.8, 4) is 5.75 Å². The van der Waals surface area contributed by atoms with Crippen molar-refractivity contribution in [2.75, 3.05) is 13.4 Å². The molecule has 4 aromatic rings. The van der Waals surface area contributed by atoms with Gasteiger partial charge in [-0.05, 0) is 53.8 Å². The van der Waals surface area contributed by atoms with E-state index in [1.54, 1.807) is 31.0 Å². The lowest BCUT2D eigenvalue weighted by Crippen LogP contribution is -2.29. The van der Waals surface area contributed by atoms with Gasteiger partial charge in [-0.15, -0.1) is 11.8 Å². The Bertz CT molecular complexity index is 1380. The van der Waals surface area contributed by atoms with Crippen molar-refractivity contribution in [2.45, 2.75) is 17.1 Å². The molecule has 0 fully saturated rings. The third kappa shape index (κ3) is 3.90. The topological polar surface area (TPSA) is 81.5 Å². The second-order valence-electron chi connectivity index (χ2n) is 7.61. The van der Waals surface area contributed by atoms with Gasteiger partial charge in [-0.1, -0.05) is 30.3 Å². The molecule has 2 heterocycles. The van der Waals surface area contributed by atoms with Crippen LogP contribution in [0, 0.1) is 0 Å². The average molecular weight is 477 g/mol. The monoisotopic (exact) mass is 476 g/mol. The maximum absolute atomic E-state index is 13.2. The van der Waals surface area contributed by atoms with E-state index in [2.05, 4.69) is 8.75 Å². The number of hydrogen-bond acceptors (Lipinski definition) is 8. The molecule has 3 aromatic carbocycles. The highest BCUT2D eigenvalue weighted by Crippen LogP contribution is 2.45. The molecule has 5 rings (SSSR count). The van der Waals surface area contributed by atoms with Crippen LogP contribution in [0.15, 0.2) is 77.2 Å². The van der Waals surface area contributed by atoms with E-state index in [1.807, 2.05) is 60.9 Å². The molecule has 0 spiro atoms. The smallest absolute Gasteiger partial charge is 0.342 e. The third-order valence-corrected chi connectivity index (χ3v) is 6.99.